The van der Waals surface area contributed by atoms with Crippen LogP contribution in [0.4, 0.5) is 0 Å². The molecule has 0 saturated carbocycles. The van der Waals surface area contributed by atoms with Crippen molar-refractivity contribution in [3.05, 3.63) is 87.9 Å². The molecule has 1 aliphatic rings. The molecule has 4 aromatic rings. The maximum absolute atomic E-state index is 13.2. The van der Waals surface area contributed by atoms with Gasteiger partial charge in [-0.3, -0.25) is 4.98 Å². The Morgan fingerprint density at radius 2 is 1.84 bits per heavy atom. The lowest BCUT2D eigenvalue weighted by molar-refractivity contribution is -0.159. The summed E-state index contributed by atoms with van der Waals surface area (Å²) in [6.45, 7) is 12.3. The second kappa shape index (κ2) is 10.1. The molecular weight excluding hydrogens is 536 g/mol. The first-order valence-corrected chi connectivity index (χ1v) is 15.0. The van der Waals surface area contributed by atoms with Crippen molar-refractivity contribution in [1.82, 2.24) is 9.71 Å². The highest BCUT2D eigenvalue weighted by atomic mass is 35.5. The summed E-state index contributed by atoms with van der Waals surface area (Å²) < 4.78 is 29.4. The Hall–Kier alpha value is -2.13. The van der Waals surface area contributed by atoms with E-state index in [0.717, 1.165) is 37.3 Å². The molecule has 200 valence electrons. The van der Waals surface area contributed by atoms with Gasteiger partial charge in [0, 0.05) is 26.4 Å². The van der Waals surface area contributed by atoms with E-state index in [-0.39, 0.29) is 6.04 Å². The summed E-state index contributed by atoms with van der Waals surface area (Å²) in [4.78, 5) is 5.77. The summed E-state index contributed by atoms with van der Waals surface area (Å²) in [5.74, 6) is -0.630. The van der Waals surface area contributed by atoms with Crippen LogP contribution in [-0.2, 0) is 26.1 Å². The van der Waals surface area contributed by atoms with Gasteiger partial charge in [-0.2, -0.15) is 0 Å². The second-order valence-electron chi connectivity index (χ2n) is 11.3. The summed E-state index contributed by atoms with van der Waals surface area (Å²) in [7, 11) is -1.30. The topological polar surface area (TPSA) is 60.5 Å². The van der Waals surface area contributed by atoms with Gasteiger partial charge in [0.1, 0.15) is 5.60 Å². The van der Waals surface area contributed by atoms with E-state index in [1.807, 2.05) is 77.2 Å². The van der Waals surface area contributed by atoms with Crippen molar-refractivity contribution in [2.75, 3.05) is 6.61 Å². The van der Waals surface area contributed by atoms with Gasteiger partial charge in [0.05, 0.1) is 34.1 Å². The Labute approximate surface area is 236 Å². The number of rotatable bonds is 6. The fraction of sp³-hybridized carbons (Fsp3) is 0.367. The molecule has 8 heteroatoms. The average molecular weight is 569 g/mol. The Kier molecular flexibility index (Phi) is 7.31. The van der Waals surface area contributed by atoms with Gasteiger partial charge in [-0.05, 0) is 82.3 Å². The van der Waals surface area contributed by atoms with Crippen LogP contribution in [-0.4, -0.2) is 26.3 Å². The maximum atomic E-state index is 13.2. The molecule has 3 unspecified atom stereocenters. The molecule has 5 rings (SSSR count). The molecule has 0 amide bonds. The van der Waals surface area contributed by atoms with Crippen LogP contribution in [0, 0.1) is 0 Å². The maximum Gasteiger partial charge on any atom is 0.164 e. The van der Waals surface area contributed by atoms with Crippen LogP contribution >= 0.6 is 22.9 Å². The van der Waals surface area contributed by atoms with E-state index in [9.17, 15) is 4.21 Å². The van der Waals surface area contributed by atoms with Crippen molar-refractivity contribution in [2.24, 2.45) is 0 Å². The van der Waals surface area contributed by atoms with E-state index in [1.165, 1.54) is 0 Å². The molecule has 1 N–H and O–H groups in total. The Bertz CT molecular complexity index is 1510. The second-order valence-corrected chi connectivity index (χ2v) is 14.8. The molecule has 2 aromatic heterocycles. The van der Waals surface area contributed by atoms with Crippen molar-refractivity contribution in [1.29, 1.82) is 0 Å². The number of ether oxygens (including phenoxy) is 2. The first-order valence-electron chi connectivity index (χ1n) is 12.6. The number of hydrogen-bond donors (Lipinski definition) is 1. The van der Waals surface area contributed by atoms with Crippen molar-refractivity contribution in [3.8, 4) is 11.3 Å². The van der Waals surface area contributed by atoms with Gasteiger partial charge >= 0.3 is 0 Å². The minimum Gasteiger partial charge on any atom is -0.347 e. The van der Waals surface area contributed by atoms with E-state index in [2.05, 4.69) is 35.9 Å². The summed E-state index contributed by atoms with van der Waals surface area (Å²) >= 11 is 8.31. The van der Waals surface area contributed by atoms with E-state index >= 15 is 0 Å². The number of thiophene rings is 1. The van der Waals surface area contributed by atoms with Crippen LogP contribution in [0.25, 0.3) is 21.3 Å². The smallest absolute Gasteiger partial charge is 0.164 e. The minimum absolute atomic E-state index is 0.321. The summed E-state index contributed by atoms with van der Waals surface area (Å²) in [5, 5.41) is 1.74. The van der Waals surface area contributed by atoms with Gasteiger partial charge < -0.3 is 9.47 Å². The quantitative estimate of drug-likeness (QED) is 0.258. The predicted molar refractivity (Wildman–Crippen MR) is 158 cm³/mol. The van der Waals surface area contributed by atoms with Crippen LogP contribution in [0.1, 0.15) is 63.6 Å². The lowest BCUT2D eigenvalue weighted by Gasteiger charge is -2.25. The minimum atomic E-state index is -1.30. The van der Waals surface area contributed by atoms with Crippen molar-refractivity contribution in [3.63, 3.8) is 0 Å². The number of fused-ring (bicyclic) bond motifs is 1. The molecule has 38 heavy (non-hydrogen) atoms. The van der Waals surface area contributed by atoms with Crippen LogP contribution in [0.3, 0.4) is 0 Å². The average Bonchev–Trinajstić information content (AvgIpc) is 3.42. The van der Waals surface area contributed by atoms with E-state index in [1.54, 1.807) is 11.3 Å². The Balaban J connectivity index is 1.58. The number of halogens is 1. The third kappa shape index (κ3) is 5.46. The lowest BCUT2D eigenvalue weighted by atomic mass is 9.96. The number of nitrogens with zero attached hydrogens (tertiary/aromatic N) is 1. The van der Waals surface area contributed by atoms with Crippen molar-refractivity contribution < 1.29 is 13.7 Å². The van der Waals surface area contributed by atoms with E-state index in [0.29, 0.717) is 11.6 Å². The zero-order valence-corrected chi connectivity index (χ0v) is 24.9. The van der Waals surface area contributed by atoms with Gasteiger partial charge in [-0.15, -0.1) is 11.3 Å². The standard InChI is InChI=1S/C30H33ClN2O3S2/c1-28(2,3)38(34)33-26(21-11-7-8-13-23(21)31)25-16-19-10-9-12-22(27(19)37-25)24-17-20(14-15-32-24)30(6)18-35-29(4,5)36-30/h7-17,26,33H,18H2,1-6H3. The van der Waals surface area contributed by atoms with Crippen LogP contribution in [0.2, 0.25) is 5.02 Å². The molecule has 0 spiro atoms. The monoisotopic (exact) mass is 568 g/mol. The van der Waals surface area contributed by atoms with Crippen molar-refractivity contribution >= 4 is 44.0 Å². The Morgan fingerprint density at radius 3 is 2.53 bits per heavy atom. The Morgan fingerprint density at radius 1 is 1.08 bits per heavy atom. The molecular formula is C30H33ClN2O3S2. The molecule has 1 fully saturated rings. The molecule has 2 aromatic carbocycles. The third-order valence-corrected chi connectivity index (χ3v) is 9.81. The zero-order valence-electron chi connectivity index (χ0n) is 22.5. The predicted octanol–water partition coefficient (Wildman–Crippen LogP) is 7.76. The highest BCUT2D eigenvalue weighted by Crippen LogP contribution is 2.42. The molecule has 3 atom stereocenters. The molecule has 1 saturated heterocycles. The highest BCUT2D eigenvalue weighted by Gasteiger charge is 2.43. The normalized spacial score (nSPS) is 21.0. The number of hydrogen-bond acceptors (Lipinski definition) is 5. The SMILES string of the molecule is CC1(C)OCC(C)(c2ccnc(-c3cccc4cc(C(NS(=O)C(C)(C)C)c5ccccc5Cl)sc34)c2)O1. The van der Waals surface area contributed by atoms with Gasteiger partial charge in [-0.1, -0.05) is 48.0 Å². The third-order valence-electron chi connectivity index (χ3n) is 6.66. The lowest BCUT2D eigenvalue weighted by Crippen LogP contribution is -2.36. The number of benzene rings is 2. The molecule has 0 aliphatic carbocycles. The summed E-state index contributed by atoms with van der Waals surface area (Å²) in [5.41, 5.74) is 3.28. The first kappa shape index (κ1) is 27.4. The van der Waals surface area contributed by atoms with E-state index < -0.39 is 27.1 Å². The summed E-state index contributed by atoms with van der Waals surface area (Å²) in [6, 6.07) is 19.9. The fourth-order valence-electron chi connectivity index (χ4n) is 4.66. The fourth-order valence-corrected chi connectivity index (χ4v) is 7.05. The van der Waals surface area contributed by atoms with Gasteiger partial charge in [0.25, 0.3) is 0 Å². The number of nitrogens with one attached hydrogen (secondary N) is 1. The summed E-state index contributed by atoms with van der Waals surface area (Å²) in [6.07, 6.45) is 1.83. The molecule has 1 aliphatic heterocycles. The van der Waals surface area contributed by atoms with Crippen molar-refractivity contribution in [2.45, 2.75) is 63.7 Å². The number of pyridine rings is 1. The number of aromatic nitrogens is 1. The van der Waals surface area contributed by atoms with Gasteiger partial charge in [0.15, 0.2) is 5.79 Å². The molecule has 0 bridgehead atoms. The largest absolute Gasteiger partial charge is 0.347 e. The van der Waals surface area contributed by atoms with Gasteiger partial charge in [-0.25, -0.2) is 8.93 Å². The zero-order chi connectivity index (χ0) is 27.3. The van der Waals surface area contributed by atoms with Crippen LogP contribution in [0.15, 0.2) is 66.9 Å². The van der Waals surface area contributed by atoms with E-state index in [4.69, 9.17) is 26.1 Å². The van der Waals surface area contributed by atoms with Crippen LogP contribution < -0.4 is 4.72 Å². The highest BCUT2D eigenvalue weighted by molar-refractivity contribution is 7.84. The molecule has 3 heterocycles. The molecule has 5 nitrogen and oxygen atoms in total. The molecule has 0 radical (unpaired) electrons. The van der Waals surface area contributed by atoms with Crippen LogP contribution in [0.5, 0.6) is 0 Å². The first-order chi connectivity index (χ1) is 17.9. The van der Waals surface area contributed by atoms with Gasteiger partial charge in [0.2, 0.25) is 0 Å².